The van der Waals surface area contributed by atoms with Gasteiger partial charge < -0.3 is 0 Å². The molecule has 8 heteroatoms. The molecule has 0 heterocycles. The van der Waals surface area contributed by atoms with Gasteiger partial charge in [-0.05, 0) is 20.8 Å². The van der Waals surface area contributed by atoms with Crippen molar-refractivity contribution in [2.24, 2.45) is 0 Å². The summed E-state index contributed by atoms with van der Waals surface area (Å²) in [5.41, 5.74) is -0.837. The lowest BCUT2D eigenvalue weighted by Gasteiger charge is -2.24. The second-order valence-electron chi connectivity index (χ2n) is 3.98. The molecule has 0 saturated carbocycles. The van der Waals surface area contributed by atoms with Crippen molar-refractivity contribution in [1.82, 2.24) is 9.44 Å². The molecular formula is C7H18N2O4S2. The van der Waals surface area contributed by atoms with E-state index in [2.05, 4.69) is 9.44 Å². The van der Waals surface area contributed by atoms with E-state index < -0.39 is 25.6 Å². The third-order valence-electron chi connectivity index (χ3n) is 1.58. The van der Waals surface area contributed by atoms with E-state index >= 15 is 0 Å². The van der Waals surface area contributed by atoms with E-state index in [1.807, 2.05) is 0 Å². The van der Waals surface area contributed by atoms with E-state index in [0.29, 0.717) is 0 Å². The molecule has 0 aliphatic carbocycles. The van der Waals surface area contributed by atoms with Gasteiger partial charge in [-0.3, -0.25) is 0 Å². The first-order valence-corrected chi connectivity index (χ1v) is 7.98. The Morgan fingerprint density at radius 2 is 1.60 bits per heavy atom. The standard InChI is InChI=1S/C7H18N2O4S2/c1-5-15(12,13)8-6-7(2,3)9-14(4,10)11/h8-9H,5-6H2,1-4H3. The lowest BCUT2D eigenvalue weighted by molar-refractivity contribution is 0.446. The summed E-state index contributed by atoms with van der Waals surface area (Å²) in [6.45, 7) is 4.74. The number of hydrogen-bond donors (Lipinski definition) is 2. The third-order valence-corrected chi connectivity index (χ3v) is 3.84. The molecular weight excluding hydrogens is 240 g/mol. The molecule has 2 N–H and O–H groups in total. The van der Waals surface area contributed by atoms with E-state index in [1.54, 1.807) is 13.8 Å². The fourth-order valence-corrected chi connectivity index (χ4v) is 2.79. The molecule has 0 radical (unpaired) electrons. The molecule has 0 spiro atoms. The topological polar surface area (TPSA) is 92.3 Å². The Morgan fingerprint density at radius 1 is 1.13 bits per heavy atom. The van der Waals surface area contributed by atoms with E-state index in [9.17, 15) is 16.8 Å². The minimum absolute atomic E-state index is 0.0241. The van der Waals surface area contributed by atoms with Crippen LogP contribution in [0.1, 0.15) is 20.8 Å². The molecule has 0 atom stereocenters. The van der Waals surface area contributed by atoms with Gasteiger partial charge in [-0.2, -0.15) is 0 Å². The van der Waals surface area contributed by atoms with Crippen molar-refractivity contribution in [2.45, 2.75) is 26.3 Å². The summed E-state index contributed by atoms with van der Waals surface area (Å²) < 4.78 is 48.8. The molecule has 92 valence electrons. The fourth-order valence-electron chi connectivity index (χ4n) is 0.930. The van der Waals surface area contributed by atoms with Gasteiger partial charge in [0.05, 0.1) is 12.0 Å². The van der Waals surface area contributed by atoms with Crippen molar-refractivity contribution < 1.29 is 16.8 Å². The van der Waals surface area contributed by atoms with E-state index in [0.717, 1.165) is 6.26 Å². The van der Waals surface area contributed by atoms with Crippen molar-refractivity contribution in [3.05, 3.63) is 0 Å². The van der Waals surface area contributed by atoms with Crippen LogP contribution in [0.2, 0.25) is 0 Å². The zero-order valence-corrected chi connectivity index (χ0v) is 11.0. The van der Waals surface area contributed by atoms with Crippen molar-refractivity contribution in [1.29, 1.82) is 0 Å². The molecule has 0 aliphatic heterocycles. The van der Waals surface area contributed by atoms with Crippen molar-refractivity contribution in [3.63, 3.8) is 0 Å². The van der Waals surface area contributed by atoms with Crippen LogP contribution >= 0.6 is 0 Å². The first kappa shape index (κ1) is 14.8. The molecule has 0 aromatic carbocycles. The second kappa shape index (κ2) is 4.77. The maximum atomic E-state index is 11.1. The van der Waals surface area contributed by atoms with Crippen molar-refractivity contribution >= 4 is 20.0 Å². The highest BCUT2D eigenvalue weighted by molar-refractivity contribution is 7.89. The lowest BCUT2D eigenvalue weighted by atomic mass is 10.1. The molecule has 0 bridgehead atoms. The molecule has 6 nitrogen and oxygen atoms in total. The smallest absolute Gasteiger partial charge is 0.211 e. The molecule has 0 aromatic rings. The Morgan fingerprint density at radius 3 is 1.93 bits per heavy atom. The van der Waals surface area contributed by atoms with Crippen molar-refractivity contribution in [2.75, 3.05) is 18.6 Å². The largest absolute Gasteiger partial charge is 0.213 e. The Kier molecular flexibility index (Phi) is 4.71. The van der Waals surface area contributed by atoms with Gasteiger partial charge in [0.1, 0.15) is 0 Å². The zero-order valence-electron chi connectivity index (χ0n) is 9.36. The molecule has 15 heavy (non-hydrogen) atoms. The second-order valence-corrected chi connectivity index (χ2v) is 7.83. The Hall–Kier alpha value is -0.180. The summed E-state index contributed by atoms with van der Waals surface area (Å²) in [5, 5.41) is 0. The number of sulfonamides is 2. The van der Waals surface area contributed by atoms with Gasteiger partial charge in [0, 0.05) is 12.1 Å². The maximum Gasteiger partial charge on any atom is 0.211 e. The minimum atomic E-state index is -3.34. The average molecular weight is 258 g/mol. The lowest BCUT2D eigenvalue weighted by Crippen LogP contribution is -2.51. The van der Waals surface area contributed by atoms with Crippen LogP contribution in [0.25, 0.3) is 0 Å². The van der Waals surface area contributed by atoms with Crippen LogP contribution in [-0.2, 0) is 20.0 Å². The predicted molar refractivity (Wildman–Crippen MR) is 59.5 cm³/mol. The first-order valence-electron chi connectivity index (χ1n) is 4.44. The molecule has 0 aromatic heterocycles. The summed E-state index contributed by atoms with van der Waals surface area (Å²) in [6.07, 6.45) is 1.03. The monoisotopic (exact) mass is 258 g/mol. The highest BCUT2D eigenvalue weighted by atomic mass is 32.2. The van der Waals surface area contributed by atoms with Crippen LogP contribution in [0.4, 0.5) is 0 Å². The Balaban J connectivity index is 4.42. The molecule has 0 unspecified atom stereocenters. The average Bonchev–Trinajstić information content (AvgIpc) is 1.97. The summed E-state index contributed by atoms with van der Waals surface area (Å²) >= 11 is 0. The van der Waals surface area contributed by atoms with Gasteiger partial charge in [-0.1, -0.05) is 0 Å². The zero-order chi connectivity index (χ0) is 12.3. The van der Waals surface area contributed by atoms with E-state index in [1.165, 1.54) is 6.92 Å². The van der Waals surface area contributed by atoms with Gasteiger partial charge in [-0.25, -0.2) is 26.3 Å². The first-order chi connectivity index (χ1) is 6.47. The summed E-state index contributed by atoms with van der Waals surface area (Å²) in [7, 11) is -6.63. The van der Waals surface area contributed by atoms with E-state index in [4.69, 9.17) is 0 Å². The molecule has 0 fully saturated rings. The van der Waals surface area contributed by atoms with Gasteiger partial charge in [0.15, 0.2) is 0 Å². The van der Waals surface area contributed by atoms with Crippen LogP contribution in [-0.4, -0.2) is 40.9 Å². The van der Waals surface area contributed by atoms with E-state index in [-0.39, 0.29) is 12.3 Å². The highest BCUT2D eigenvalue weighted by Gasteiger charge is 2.23. The Bertz CT molecular complexity index is 397. The highest BCUT2D eigenvalue weighted by Crippen LogP contribution is 2.02. The SMILES string of the molecule is CCS(=O)(=O)NCC(C)(C)NS(C)(=O)=O. The van der Waals surface area contributed by atoms with Gasteiger partial charge in [-0.15, -0.1) is 0 Å². The van der Waals surface area contributed by atoms with Crippen LogP contribution < -0.4 is 9.44 Å². The number of hydrogen-bond acceptors (Lipinski definition) is 4. The summed E-state index contributed by atoms with van der Waals surface area (Å²) in [4.78, 5) is 0. The van der Waals surface area contributed by atoms with Gasteiger partial charge in [0.2, 0.25) is 20.0 Å². The quantitative estimate of drug-likeness (QED) is 0.656. The maximum absolute atomic E-state index is 11.1. The molecule has 0 amide bonds. The Labute approximate surface area is 91.6 Å². The predicted octanol–water partition coefficient (Wildman–Crippen LogP) is -0.746. The molecule has 0 rings (SSSR count). The van der Waals surface area contributed by atoms with Crippen LogP contribution in [0.5, 0.6) is 0 Å². The minimum Gasteiger partial charge on any atom is -0.213 e. The van der Waals surface area contributed by atoms with Crippen LogP contribution in [0, 0.1) is 0 Å². The van der Waals surface area contributed by atoms with Crippen LogP contribution in [0.3, 0.4) is 0 Å². The van der Waals surface area contributed by atoms with Gasteiger partial charge in [0.25, 0.3) is 0 Å². The van der Waals surface area contributed by atoms with Crippen LogP contribution in [0.15, 0.2) is 0 Å². The van der Waals surface area contributed by atoms with Gasteiger partial charge >= 0.3 is 0 Å². The third kappa shape index (κ3) is 7.71. The van der Waals surface area contributed by atoms with Crippen molar-refractivity contribution in [3.8, 4) is 0 Å². The molecule has 0 aliphatic rings. The normalized spacial score (nSPS) is 14.1. The summed E-state index contributed by atoms with van der Waals surface area (Å²) in [6, 6.07) is 0. The fraction of sp³-hybridized carbons (Fsp3) is 1.00. The molecule has 0 saturated heterocycles. The number of nitrogens with one attached hydrogen (secondary N) is 2. The number of rotatable bonds is 6. The summed E-state index contributed by atoms with van der Waals surface area (Å²) in [5.74, 6) is -0.0258.